The van der Waals surface area contributed by atoms with Crippen LogP contribution in [0.25, 0.3) is 0 Å². The molecule has 5 fully saturated rings. The first kappa shape index (κ1) is 38.4. The van der Waals surface area contributed by atoms with Crippen LogP contribution in [-0.2, 0) is 41.3 Å². The van der Waals surface area contributed by atoms with Crippen molar-refractivity contribution in [3.8, 4) is 0 Å². The van der Waals surface area contributed by atoms with Gasteiger partial charge in [-0.1, -0.05) is 65.8 Å². The van der Waals surface area contributed by atoms with Crippen LogP contribution in [0.5, 0.6) is 0 Å². The first-order chi connectivity index (χ1) is 24.2. The van der Waals surface area contributed by atoms with Gasteiger partial charge < -0.3 is 39.2 Å². The van der Waals surface area contributed by atoms with Crippen molar-refractivity contribution >= 4 is 31.1 Å². The average Bonchev–Trinajstić information content (AvgIpc) is 3.64. The van der Waals surface area contributed by atoms with Crippen LogP contribution in [0.3, 0.4) is 0 Å². The highest BCUT2D eigenvalue weighted by molar-refractivity contribution is 6.47. The lowest BCUT2D eigenvalue weighted by molar-refractivity contribution is -0.199. The second kappa shape index (κ2) is 13.8. The van der Waals surface area contributed by atoms with Gasteiger partial charge in [0, 0.05) is 19.5 Å². The van der Waals surface area contributed by atoms with Gasteiger partial charge >= 0.3 is 19.3 Å². The van der Waals surface area contributed by atoms with E-state index in [0.29, 0.717) is 31.3 Å². The van der Waals surface area contributed by atoms with Crippen LogP contribution >= 0.6 is 0 Å². The van der Waals surface area contributed by atoms with Crippen molar-refractivity contribution in [2.75, 3.05) is 13.1 Å². The molecule has 6 aliphatic rings. The van der Waals surface area contributed by atoms with E-state index < -0.39 is 66.0 Å². The van der Waals surface area contributed by atoms with Gasteiger partial charge in [-0.15, -0.1) is 0 Å². The maximum absolute atomic E-state index is 14.5. The fourth-order valence-corrected chi connectivity index (χ4v) is 9.20. The summed E-state index contributed by atoms with van der Waals surface area (Å²) in [6.07, 6.45) is 1.45. The van der Waals surface area contributed by atoms with E-state index in [1.165, 1.54) is 10.5 Å². The molecule has 1 aromatic rings. The Hall–Kier alpha value is -3.32. The molecule has 7 rings (SSSR count). The van der Waals surface area contributed by atoms with Crippen molar-refractivity contribution in [1.29, 1.82) is 0 Å². The minimum Gasteiger partial charge on any atom is -0.444 e. The van der Waals surface area contributed by atoms with Crippen molar-refractivity contribution in [3.63, 3.8) is 0 Å². The van der Waals surface area contributed by atoms with Gasteiger partial charge in [-0.25, -0.2) is 9.59 Å². The third-order valence-electron chi connectivity index (χ3n) is 12.3. The van der Waals surface area contributed by atoms with E-state index in [0.717, 1.165) is 24.8 Å². The number of amides is 4. The van der Waals surface area contributed by atoms with Crippen molar-refractivity contribution in [1.82, 2.24) is 20.4 Å². The number of likely N-dealkylation sites (tertiary alicyclic amines) is 1. The Balaban J connectivity index is 1.20. The number of nitrogens with one attached hydrogen (secondary N) is 2. The molecule has 2 bridgehead atoms. The van der Waals surface area contributed by atoms with E-state index in [1.54, 1.807) is 25.7 Å². The lowest BCUT2D eigenvalue weighted by Gasteiger charge is -2.64. The molecular formula is C39H59BN4O8. The van der Waals surface area contributed by atoms with E-state index in [4.69, 9.17) is 18.8 Å². The Labute approximate surface area is 309 Å². The largest absolute Gasteiger partial charge is 0.481 e. The molecule has 1 aromatic carbocycles. The molecule has 0 spiro atoms. The third-order valence-corrected chi connectivity index (χ3v) is 12.3. The zero-order valence-corrected chi connectivity index (χ0v) is 32.7. The Bertz CT molecular complexity index is 1560. The smallest absolute Gasteiger partial charge is 0.444 e. The molecule has 4 amide bonds. The Morgan fingerprint density at radius 2 is 1.69 bits per heavy atom. The molecule has 8 atom stereocenters. The molecule has 286 valence electrons. The van der Waals surface area contributed by atoms with Gasteiger partial charge in [0.25, 0.3) is 0 Å². The summed E-state index contributed by atoms with van der Waals surface area (Å²) in [7, 11) is -0.628. The van der Waals surface area contributed by atoms with Crippen LogP contribution < -0.4 is 10.6 Å². The summed E-state index contributed by atoms with van der Waals surface area (Å²) in [4.78, 5) is 58.4. The number of hydrogen-bond acceptors (Lipinski definition) is 8. The summed E-state index contributed by atoms with van der Waals surface area (Å²) >= 11 is 0. The van der Waals surface area contributed by atoms with Gasteiger partial charge in [0.2, 0.25) is 11.8 Å². The van der Waals surface area contributed by atoms with Crippen LogP contribution in [0.2, 0.25) is 0 Å². The van der Waals surface area contributed by atoms with Crippen LogP contribution in [0, 0.1) is 22.7 Å². The zero-order valence-electron chi connectivity index (χ0n) is 32.7. The van der Waals surface area contributed by atoms with Gasteiger partial charge in [0.05, 0.1) is 24.2 Å². The number of nitrogens with zero attached hydrogens (tertiary/aromatic N) is 2. The third kappa shape index (κ3) is 7.41. The van der Waals surface area contributed by atoms with E-state index in [1.807, 2.05) is 45.9 Å². The molecule has 3 aliphatic carbocycles. The minimum atomic E-state index is -1.02. The minimum absolute atomic E-state index is 0.00117. The summed E-state index contributed by atoms with van der Waals surface area (Å²) in [6.45, 7) is 20.5. The maximum Gasteiger partial charge on any atom is 0.481 e. The molecular weight excluding hydrogens is 663 g/mol. The number of carbonyl (C=O) groups is 4. The number of hydrogen-bond donors (Lipinski definition) is 2. The fourth-order valence-electron chi connectivity index (χ4n) is 9.20. The van der Waals surface area contributed by atoms with Gasteiger partial charge in [-0.05, 0) is 87.2 Å². The fraction of sp³-hybridized carbons (Fsp3) is 0.744. The predicted octanol–water partition coefficient (Wildman–Crippen LogP) is 5.25. The first-order valence-corrected chi connectivity index (χ1v) is 19.2. The predicted molar refractivity (Wildman–Crippen MR) is 196 cm³/mol. The number of carbonyl (C=O) groups excluding carboxylic acids is 4. The SMILES string of the molecule is CC[C@H](NC(=O)[C@@H]1C[C@@H](OC(=O)N2CCc3ccccc3C2)CN1C(=O)[C@@H](NC(=O)OC(C)(C)C)C(C)(C)C)B1O[C@@H]2C[C@@H]3C[C@@H](C3(C)C)[C@]2(C)O1. The summed E-state index contributed by atoms with van der Waals surface area (Å²) in [5, 5.41) is 5.93. The zero-order chi connectivity index (χ0) is 38.0. The standard InChI is InChI=1S/C39H59BN4O8/c1-11-30(40-51-29-19-25-18-28(38(25,8)9)39(29,10)52-40)41-32(45)27-20-26(49-35(48)43-17-16-23-14-12-13-15-24(23)21-43)22-44(27)33(46)31(36(2,3)4)42-34(47)50-37(5,6)7/h12-15,25-31H,11,16-22H2,1-10H3,(H,41,45)(H,42,47)/t25-,26+,27-,28-,29+,30-,31+,39-/m0/s1. The number of rotatable bonds is 7. The van der Waals surface area contributed by atoms with Crippen LogP contribution in [0.4, 0.5) is 9.59 Å². The maximum atomic E-state index is 14.5. The number of ether oxygens (including phenoxy) is 2. The highest BCUT2D eigenvalue weighted by Crippen LogP contribution is 2.65. The summed E-state index contributed by atoms with van der Waals surface area (Å²) in [6, 6.07) is 6.05. The summed E-state index contributed by atoms with van der Waals surface area (Å²) in [5.41, 5.74) is 0.523. The molecule has 12 nitrogen and oxygen atoms in total. The van der Waals surface area contributed by atoms with Crippen LogP contribution in [0.1, 0.15) is 106 Å². The summed E-state index contributed by atoms with van der Waals surface area (Å²) < 4.78 is 24.8. The molecule has 2 saturated heterocycles. The van der Waals surface area contributed by atoms with Crippen molar-refractivity contribution < 1.29 is 38.0 Å². The second-order valence-corrected chi connectivity index (χ2v) is 18.5. The molecule has 3 aliphatic heterocycles. The average molecular weight is 723 g/mol. The van der Waals surface area contributed by atoms with Gasteiger partial charge in [0.1, 0.15) is 23.8 Å². The Morgan fingerprint density at radius 1 is 1.00 bits per heavy atom. The number of fused-ring (bicyclic) bond motifs is 1. The molecule has 0 unspecified atom stereocenters. The molecule has 2 N–H and O–H groups in total. The molecule has 3 saturated carbocycles. The van der Waals surface area contributed by atoms with E-state index in [9.17, 15) is 19.2 Å². The molecule has 13 heteroatoms. The monoisotopic (exact) mass is 722 g/mol. The van der Waals surface area contributed by atoms with E-state index >= 15 is 0 Å². The van der Waals surface area contributed by atoms with Gasteiger partial charge in [-0.3, -0.25) is 9.59 Å². The van der Waals surface area contributed by atoms with Crippen LogP contribution in [0.15, 0.2) is 24.3 Å². The number of benzene rings is 1. The molecule has 0 aromatic heterocycles. The molecule has 3 heterocycles. The lowest BCUT2D eigenvalue weighted by atomic mass is 9.43. The lowest BCUT2D eigenvalue weighted by Crippen LogP contribution is -2.65. The Kier molecular flexibility index (Phi) is 10.2. The second-order valence-electron chi connectivity index (χ2n) is 18.5. The normalized spacial score (nSPS) is 30.3. The Morgan fingerprint density at radius 3 is 2.33 bits per heavy atom. The van der Waals surface area contributed by atoms with Gasteiger partial charge in [-0.2, -0.15) is 0 Å². The molecule has 0 radical (unpaired) electrons. The summed E-state index contributed by atoms with van der Waals surface area (Å²) in [5.74, 6) is -0.325. The molecule has 52 heavy (non-hydrogen) atoms. The van der Waals surface area contributed by atoms with Crippen molar-refractivity contribution in [3.05, 3.63) is 35.4 Å². The van der Waals surface area contributed by atoms with Gasteiger partial charge in [0.15, 0.2) is 0 Å². The van der Waals surface area contributed by atoms with E-state index in [-0.39, 0.29) is 30.4 Å². The van der Waals surface area contributed by atoms with E-state index in [2.05, 4.69) is 37.5 Å². The highest BCUT2D eigenvalue weighted by Gasteiger charge is 2.68. The highest BCUT2D eigenvalue weighted by atomic mass is 16.7. The topological polar surface area (TPSA) is 136 Å². The van der Waals surface area contributed by atoms with Crippen molar-refractivity contribution in [2.24, 2.45) is 22.7 Å². The number of alkyl carbamates (subject to hydrolysis) is 1. The first-order valence-electron chi connectivity index (χ1n) is 19.2. The van der Waals surface area contributed by atoms with Crippen LogP contribution in [-0.4, -0.2) is 95.4 Å². The van der Waals surface area contributed by atoms with Crippen molar-refractivity contribution in [2.45, 2.75) is 149 Å². The quantitative estimate of drug-likeness (QED) is 0.365.